The molecule has 0 aliphatic heterocycles. The van der Waals surface area contributed by atoms with E-state index in [-0.39, 0.29) is 18.1 Å². The summed E-state index contributed by atoms with van der Waals surface area (Å²) in [6.07, 6.45) is 4.77. The highest BCUT2D eigenvalue weighted by molar-refractivity contribution is 7.11. The van der Waals surface area contributed by atoms with Crippen molar-refractivity contribution in [2.75, 3.05) is 0 Å². The van der Waals surface area contributed by atoms with Gasteiger partial charge in [0.15, 0.2) is 0 Å². The van der Waals surface area contributed by atoms with E-state index < -0.39 is 0 Å². The van der Waals surface area contributed by atoms with Crippen molar-refractivity contribution in [2.45, 2.75) is 38.0 Å². The molecule has 1 aliphatic rings. The van der Waals surface area contributed by atoms with Gasteiger partial charge in [0, 0.05) is 0 Å². The number of rotatable bonds is 5. The number of amides is 1. The maximum absolute atomic E-state index is 12.1. The third-order valence-electron chi connectivity index (χ3n) is 3.73. The van der Waals surface area contributed by atoms with Crippen LogP contribution in [0.2, 0.25) is 0 Å². The normalized spacial score (nSPS) is 21.3. The number of hydrogen-bond donors (Lipinski definition) is 1. The Kier molecular flexibility index (Phi) is 4.62. The second-order valence-electron chi connectivity index (χ2n) is 5.21. The van der Waals surface area contributed by atoms with Gasteiger partial charge in [-0.3, -0.25) is 9.78 Å². The van der Waals surface area contributed by atoms with Crippen LogP contribution in [0.4, 0.5) is 0 Å². The molecule has 0 bridgehead atoms. The predicted octanol–water partition coefficient (Wildman–Crippen LogP) is 3.01. The number of thiazole rings is 1. The zero-order chi connectivity index (χ0) is 14.5. The number of ether oxygens (including phenoxy) is 1. The zero-order valence-corrected chi connectivity index (χ0v) is 12.5. The van der Waals surface area contributed by atoms with E-state index in [0.29, 0.717) is 11.5 Å². The maximum atomic E-state index is 12.1. The molecule has 5 heteroatoms. The molecule has 0 spiro atoms. The molecular formula is C16H18N2O2S. The molecule has 1 saturated carbocycles. The molecule has 21 heavy (non-hydrogen) atoms. The van der Waals surface area contributed by atoms with Crippen LogP contribution in [0.3, 0.4) is 0 Å². The summed E-state index contributed by atoms with van der Waals surface area (Å²) in [6.45, 7) is 0.596. The van der Waals surface area contributed by atoms with Crippen LogP contribution in [-0.4, -0.2) is 23.0 Å². The average Bonchev–Trinajstić information content (AvgIpc) is 3.18. The van der Waals surface area contributed by atoms with Gasteiger partial charge < -0.3 is 10.1 Å². The molecule has 2 aromatic rings. The molecule has 1 aromatic carbocycles. The van der Waals surface area contributed by atoms with Crippen LogP contribution in [0, 0.1) is 0 Å². The Hall–Kier alpha value is -1.72. The SMILES string of the molecule is O=C(N[C@@H]1CCC[C@H]1OCc1ccccc1)c1cncs1. The van der Waals surface area contributed by atoms with Gasteiger partial charge in [-0.15, -0.1) is 11.3 Å². The fourth-order valence-corrected chi connectivity index (χ4v) is 3.16. The number of carbonyl (C=O) groups excluding carboxylic acids is 1. The number of nitrogens with one attached hydrogen (secondary N) is 1. The molecule has 1 amide bonds. The summed E-state index contributed by atoms with van der Waals surface area (Å²) in [4.78, 5) is 16.7. The largest absolute Gasteiger partial charge is 0.371 e. The van der Waals surface area contributed by atoms with Crippen molar-refractivity contribution in [3.8, 4) is 0 Å². The third-order valence-corrected chi connectivity index (χ3v) is 4.50. The molecule has 4 nitrogen and oxygen atoms in total. The van der Waals surface area contributed by atoms with Crippen molar-refractivity contribution in [3.63, 3.8) is 0 Å². The number of benzene rings is 1. The van der Waals surface area contributed by atoms with Crippen molar-refractivity contribution in [1.82, 2.24) is 10.3 Å². The van der Waals surface area contributed by atoms with Crippen molar-refractivity contribution in [3.05, 3.63) is 52.5 Å². The fraction of sp³-hybridized carbons (Fsp3) is 0.375. The summed E-state index contributed by atoms with van der Waals surface area (Å²) in [6, 6.07) is 10.2. The lowest BCUT2D eigenvalue weighted by Gasteiger charge is -2.21. The summed E-state index contributed by atoms with van der Waals surface area (Å²) in [5.41, 5.74) is 2.84. The minimum atomic E-state index is -0.0438. The van der Waals surface area contributed by atoms with Gasteiger partial charge >= 0.3 is 0 Å². The van der Waals surface area contributed by atoms with Gasteiger partial charge in [-0.25, -0.2) is 0 Å². The number of aromatic nitrogens is 1. The second kappa shape index (κ2) is 6.83. The molecular weight excluding hydrogens is 284 g/mol. The molecule has 110 valence electrons. The van der Waals surface area contributed by atoms with Crippen molar-refractivity contribution >= 4 is 17.2 Å². The third kappa shape index (κ3) is 3.68. The highest BCUT2D eigenvalue weighted by Gasteiger charge is 2.29. The number of nitrogens with zero attached hydrogens (tertiary/aromatic N) is 1. The molecule has 0 unspecified atom stereocenters. The minimum absolute atomic E-state index is 0.0438. The Balaban J connectivity index is 1.54. The number of hydrogen-bond acceptors (Lipinski definition) is 4. The van der Waals surface area contributed by atoms with Crippen LogP contribution < -0.4 is 5.32 Å². The quantitative estimate of drug-likeness (QED) is 0.923. The van der Waals surface area contributed by atoms with E-state index in [4.69, 9.17) is 4.74 Å². The van der Waals surface area contributed by atoms with Gasteiger partial charge in [0.25, 0.3) is 5.91 Å². The van der Waals surface area contributed by atoms with Gasteiger partial charge in [-0.1, -0.05) is 30.3 Å². The lowest BCUT2D eigenvalue weighted by atomic mass is 10.2. The second-order valence-corrected chi connectivity index (χ2v) is 6.10. The molecule has 1 aliphatic carbocycles. The summed E-state index contributed by atoms with van der Waals surface area (Å²) in [5, 5.41) is 3.07. The van der Waals surface area contributed by atoms with Gasteiger partial charge in [0.1, 0.15) is 4.88 Å². The van der Waals surface area contributed by atoms with E-state index >= 15 is 0 Å². The van der Waals surface area contributed by atoms with Gasteiger partial charge in [0.2, 0.25) is 0 Å². The molecule has 1 aromatic heterocycles. The van der Waals surface area contributed by atoms with E-state index in [2.05, 4.69) is 22.4 Å². The van der Waals surface area contributed by atoms with E-state index in [1.165, 1.54) is 11.3 Å². The smallest absolute Gasteiger partial charge is 0.263 e. The van der Waals surface area contributed by atoms with Gasteiger partial charge in [-0.05, 0) is 24.8 Å². The van der Waals surface area contributed by atoms with Crippen LogP contribution in [-0.2, 0) is 11.3 Å². The standard InChI is InChI=1S/C16H18N2O2S/c19-16(15-9-17-11-21-15)18-13-7-4-8-14(13)20-10-12-5-2-1-3-6-12/h1-3,5-6,9,11,13-14H,4,7-8,10H2,(H,18,19)/t13-,14-/m1/s1. The van der Waals surface area contributed by atoms with Crippen LogP contribution in [0.1, 0.15) is 34.5 Å². The summed E-state index contributed by atoms with van der Waals surface area (Å²) >= 11 is 1.36. The van der Waals surface area contributed by atoms with E-state index in [9.17, 15) is 4.79 Å². The highest BCUT2D eigenvalue weighted by atomic mass is 32.1. The topological polar surface area (TPSA) is 51.2 Å². The first-order valence-electron chi connectivity index (χ1n) is 7.18. The molecule has 0 radical (unpaired) electrons. The zero-order valence-electron chi connectivity index (χ0n) is 11.7. The molecule has 2 atom stereocenters. The van der Waals surface area contributed by atoms with Crippen LogP contribution in [0.25, 0.3) is 0 Å². The monoisotopic (exact) mass is 302 g/mol. The van der Waals surface area contributed by atoms with E-state index in [1.54, 1.807) is 11.7 Å². The Morgan fingerprint density at radius 1 is 1.33 bits per heavy atom. The summed E-state index contributed by atoms with van der Waals surface area (Å²) in [7, 11) is 0. The Labute approximate surface area is 128 Å². The molecule has 3 rings (SSSR count). The number of carbonyl (C=O) groups is 1. The average molecular weight is 302 g/mol. The Morgan fingerprint density at radius 3 is 2.95 bits per heavy atom. The molecule has 1 N–H and O–H groups in total. The van der Waals surface area contributed by atoms with Crippen LogP contribution >= 0.6 is 11.3 Å². The Morgan fingerprint density at radius 2 is 2.19 bits per heavy atom. The van der Waals surface area contributed by atoms with Crippen molar-refractivity contribution in [1.29, 1.82) is 0 Å². The van der Waals surface area contributed by atoms with Crippen molar-refractivity contribution in [2.24, 2.45) is 0 Å². The first kappa shape index (κ1) is 14.2. The predicted molar refractivity (Wildman–Crippen MR) is 82.2 cm³/mol. The van der Waals surface area contributed by atoms with Crippen LogP contribution in [0.15, 0.2) is 42.0 Å². The maximum Gasteiger partial charge on any atom is 0.263 e. The molecule has 1 heterocycles. The van der Waals surface area contributed by atoms with Gasteiger partial charge in [0.05, 0.1) is 30.5 Å². The minimum Gasteiger partial charge on any atom is -0.371 e. The highest BCUT2D eigenvalue weighted by Crippen LogP contribution is 2.24. The lowest BCUT2D eigenvalue weighted by Crippen LogP contribution is -2.40. The lowest BCUT2D eigenvalue weighted by molar-refractivity contribution is 0.0272. The fourth-order valence-electron chi connectivity index (χ4n) is 2.64. The van der Waals surface area contributed by atoms with Crippen molar-refractivity contribution < 1.29 is 9.53 Å². The molecule has 1 fully saturated rings. The molecule has 0 saturated heterocycles. The van der Waals surface area contributed by atoms with E-state index in [0.717, 1.165) is 24.8 Å². The van der Waals surface area contributed by atoms with E-state index in [1.807, 2.05) is 18.2 Å². The van der Waals surface area contributed by atoms with Gasteiger partial charge in [-0.2, -0.15) is 0 Å². The summed E-state index contributed by atoms with van der Waals surface area (Å²) < 4.78 is 5.99. The Bertz CT molecular complexity index is 571. The first-order chi connectivity index (χ1) is 10.3. The van der Waals surface area contributed by atoms with Crippen LogP contribution in [0.5, 0.6) is 0 Å². The summed E-state index contributed by atoms with van der Waals surface area (Å²) in [5.74, 6) is -0.0438. The first-order valence-corrected chi connectivity index (χ1v) is 8.06.